The van der Waals surface area contributed by atoms with Crippen LogP contribution in [0.4, 0.5) is 0 Å². The predicted octanol–water partition coefficient (Wildman–Crippen LogP) is 2.96. The molecule has 0 saturated heterocycles. The van der Waals surface area contributed by atoms with Gasteiger partial charge in [0.05, 0.1) is 0 Å². The second kappa shape index (κ2) is 9.30. The number of hydrogen-bond acceptors (Lipinski definition) is 2. The fraction of sp³-hybridized carbons (Fsp3) is 0.917. The number of guanidine groups is 1. The summed E-state index contributed by atoms with van der Waals surface area (Å²) in [4.78, 5) is 4.23. The molecule has 0 rings (SSSR count). The lowest BCUT2D eigenvalue weighted by atomic mass is 10.1. The van der Waals surface area contributed by atoms with E-state index in [4.69, 9.17) is 0 Å². The Morgan fingerprint density at radius 1 is 1.29 bits per heavy atom. The summed E-state index contributed by atoms with van der Waals surface area (Å²) in [7, 11) is 1.81. The van der Waals surface area contributed by atoms with Crippen molar-refractivity contribution in [2.75, 3.05) is 19.8 Å². The molecule has 0 aliphatic heterocycles. The van der Waals surface area contributed by atoms with E-state index in [1.54, 1.807) is 0 Å². The Kier molecular flexibility index (Phi) is 10.8. The summed E-state index contributed by atoms with van der Waals surface area (Å²) in [6.45, 7) is 12.0. The highest BCUT2D eigenvalue weighted by molar-refractivity contribution is 14.0. The van der Waals surface area contributed by atoms with Gasteiger partial charge in [0.2, 0.25) is 0 Å². The summed E-state index contributed by atoms with van der Waals surface area (Å²) in [5.41, 5.74) is 0. The Bertz CT molecular complexity index is 230. The van der Waals surface area contributed by atoms with Gasteiger partial charge < -0.3 is 10.6 Å². The van der Waals surface area contributed by atoms with Crippen LogP contribution in [0.3, 0.4) is 0 Å². The molecule has 0 aromatic heterocycles. The lowest BCUT2D eigenvalue weighted by Crippen LogP contribution is -2.47. The molecule has 0 aromatic carbocycles. The van der Waals surface area contributed by atoms with Gasteiger partial charge in [-0.05, 0) is 32.9 Å². The highest BCUT2D eigenvalue weighted by Crippen LogP contribution is 2.19. The van der Waals surface area contributed by atoms with Crippen molar-refractivity contribution in [3.8, 4) is 0 Å². The molecule has 0 radical (unpaired) electrons. The maximum absolute atomic E-state index is 4.23. The van der Waals surface area contributed by atoms with Gasteiger partial charge in [-0.1, -0.05) is 13.8 Å². The Labute approximate surface area is 128 Å². The Morgan fingerprint density at radius 2 is 1.82 bits per heavy atom. The number of hydrogen-bond donors (Lipinski definition) is 2. The molecule has 0 spiro atoms. The molecule has 0 aromatic rings. The highest BCUT2D eigenvalue weighted by Gasteiger charge is 2.17. The molecule has 2 N–H and O–H groups in total. The first-order valence-corrected chi connectivity index (χ1v) is 7.07. The van der Waals surface area contributed by atoms with Gasteiger partial charge in [-0.15, -0.1) is 24.0 Å². The van der Waals surface area contributed by atoms with Crippen molar-refractivity contribution in [2.45, 2.75) is 45.4 Å². The second-order valence-electron chi connectivity index (χ2n) is 5.07. The molecular formula is C12H28IN3S. The van der Waals surface area contributed by atoms with Gasteiger partial charge in [0.15, 0.2) is 5.96 Å². The summed E-state index contributed by atoms with van der Waals surface area (Å²) in [6.07, 6.45) is 2.13. The van der Waals surface area contributed by atoms with Crippen LogP contribution in [-0.2, 0) is 0 Å². The molecule has 0 heterocycles. The van der Waals surface area contributed by atoms with Crippen LogP contribution in [-0.4, -0.2) is 36.6 Å². The minimum atomic E-state index is 0. The number of aliphatic imine (C=N–C) groups is 1. The second-order valence-corrected chi connectivity index (χ2v) is 6.58. The molecule has 104 valence electrons. The Morgan fingerprint density at radius 3 is 2.18 bits per heavy atom. The topological polar surface area (TPSA) is 36.4 Å². The van der Waals surface area contributed by atoms with E-state index in [1.165, 1.54) is 0 Å². The number of nitrogens with zero attached hydrogens (tertiary/aromatic N) is 1. The third-order valence-electron chi connectivity index (χ3n) is 2.82. The van der Waals surface area contributed by atoms with Crippen molar-refractivity contribution in [1.82, 2.24) is 10.6 Å². The number of nitrogens with one attached hydrogen (secondary N) is 2. The van der Waals surface area contributed by atoms with E-state index in [9.17, 15) is 0 Å². The molecule has 0 aliphatic carbocycles. The quantitative estimate of drug-likeness (QED) is 0.442. The molecule has 0 bridgehead atoms. The highest BCUT2D eigenvalue weighted by atomic mass is 127. The first kappa shape index (κ1) is 19.7. The van der Waals surface area contributed by atoms with E-state index in [-0.39, 0.29) is 28.7 Å². The molecule has 5 heteroatoms. The van der Waals surface area contributed by atoms with Crippen molar-refractivity contribution in [1.29, 1.82) is 0 Å². The lowest BCUT2D eigenvalue weighted by Gasteiger charge is -2.26. The summed E-state index contributed by atoms with van der Waals surface area (Å²) in [5, 5.41) is 6.76. The van der Waals surface area contributed by atoms with Gasteiger partial charge in [0.1, 0.15) is 0 Å². The zero-order valence-corrected chi connectivity index (χ0v) is 15.3. The van der Waals surface area contributed by atoms with Crippen molar-refractivity contribution in [3.63, 3.8) is 0 Å². The van der Waals surface area contributed by atoms with Crippen molar-refractivity contribution >= 4 is 41.7 Å². The monoisotopic (exact) mass is 373 g/mol. The number of thioether (sulfide) groups is 1. The largest absolute Gasteiger partial charge is 0.355 e. The van der Waals surface area contributed by atoms with Gasteiger partial charge in [0, 0.05) is 24.4 Å². The van der Waals surface area contributed by atoms with Crippen LogP contribution >= 0.6 is 35.7 Å². The summed E-state index contributed by atoms with van der Waals surface area (Å²) in [5.74, 6) is 1.50. The van der Waals surface area contributed by atoms with Crippen LogP contribution in [0.1, 0.15) is 34.6 Å². The van der Waals surface area contributed by atoms with Crippen LogP contribution in [0.25, 0.3) is 0 Å². The minimum absolute atomic E-state index is 0. The fourth-order valence-electron chi connectivity index (χ4n) is 0.946. The maximum atomic E-state index is 4.23. The van der Waals surface area contributed by atoms with E-state index < -0.39 is 0 Å². The van der Waals surface area contributed by atoms with E-state index in [2.05, 4.69) is 56.5 Å². The Hall–Kier alpha value is 0.350. The SMILES string of the molecule is CN=C(NCC(C)(C)SC)NC(C)C(C)C.I. The van der Waals surface area contributed by atoms with Crippen molar-refractivity contribution < 1.29 is 0 Å². The summed E-state index contributed by atoms with van der Waals surface area (Å²) in [6, 6.07) is 0.434. The third kappa shape index (κ3) is 8.99. The van der Waals surface area contributed by atoms with Gasteiger partial charge in [-0.25, -0.2) is 0 Å². The number of halogens is 1. The smallest absolute Gasteiger partial charge is 0.191 e. The molecule has 1 atom stereocenters. The third-order valence-corrected chi connectivity index (χ3v) is 4.07. The van der Waals surface area contributed by atoms with Gasteiger partial charge >= 0.3 is 0 Å². The minimum Gasteiger partial charge on any atom is -0.355 e. The zero-order valence-electron chi connectivity index (χ0n) is 12.1. The maximum Gasteiger partial charge on any atom is 0.191 e. The summed E-state index contributed by atoms with van der Waals surface area (Å²) >= 11 is 1.86. The van der Waals surface area contributed by atoms with Crippen LogP contribution < -0.4 is 10.6 Å². The molecule has 0 fully saturated rings. The van der Waals surface area contributed by atoms with Gasteiger partial charge in [-0.3, -0.25) is 4.99 Å². The average Bonchev–Trinajstić information content (AvgIpc) is 2.23. The molecule has 0 amide bonds. The fourth-order valence-corrected chi connectivity index (χ4v) is 1.16. The number of rotatable bonds is 5. The van der Waals surface area contributed by atoms with Crippen LogP contribution in [0.2, 0.25) is 0 Å². The molecule has 17 heavy (non-hydrogen) atoms. The molecule has 0 aliphatic rings. The van der Waals surface area contributed by atoms with E-state index in [0.717, 1.165) is 12.5 Å². The lowest BCUT2D eigenvalue weighted by molar-refractivity contribution is 0.479. The standard InChI is InChI=1S/C12H27N3S.HI/c1-9(2)10(3)15-11(13-6)14-8-12(4,5)16-7;/h9-10H,8H2,1-7H3,(H2,13,14,15);1H. The van der Waals surface area contributed by atoms with E-state index in [0.29, 0.717) is 12.0 Å². The normalized spacial score (nSPS) is 14.2. The van der Waals surface area contributed by atoms with Crippen molar-refractivity contribution in [3.05, 3.63) is 0 Å². The van der Waals surface area contributed by atoms with Gasteiger partial charge in [0.25, 0.3) is 0 Å². The zero-order chi connectivity index (χ0) is 12.8. The molecule has 1 unspecified atom stereocenters. The Balaban J connectivity index is 0. The molecule has 0 saturated carbocycles. The van der Waals surface area contributed by atoms with Crippen LogP contribution in [0, 0.1) is 5.92 Å². The molecular weight excluding hydrogens is 345 g/mol. The van der Waals surface area contributed by atoms with Crippen molar-refractivity contribution in [2.24, 2.45) is 10.9 Å². The van der Waals surface area contributed by atoms with E-state index >= 15 is 0 Å². The molecule has 3 nitrogen and oxygen atoms in total. The van der Waals surface area contributed by atoms with Gasteiger partial charge in [-0.2, -0.15) is 11.8 Å². The first-order valence-electron chi connectivity index (χ1n) is 5.84. The van der Waals surface area contributed by atoms with E-state index in [1.807, 2.05) is 18.8 Å². The first-order chi connectivity index (χ1) is 7.32. The van der Waals surface area contributed by atoms with Crippen LogP contribution in [0.15, 0.2) is 4.99 Å². The summed E-state index contributed by atoms with van der Waals surface area (Å²) < 4.78 is 0.235. The predicted molar refractivity (Wildman–Crippen MR) is 91.8 cm³/mol. The van der Waals surface area contributed by atoms with Crippen LogP contribution in [0.5, 0.6) is 0 Å². The average molecular weight is 373 g/mol.